The summed E-state index contributed by atoms with van der Waals surface area (Å²) >= 11 is 9.94. The summed E-state index contributed by atoms with van der Waals surface area (Å²) in [4.78, 5) is 0. The molecule has 2 aromatic rings. The normalized spacial score (nSPS) is 12.4. The largest absolute Gasteiger partial charge is 0.306 e. The molecule has 2 rings (SSSR count). The zero-order valence-corrected chi connectivity index (χ0v) is 14.3. The van der Waals surface area contributed by atoms with Crippen LogP contribution < -0.4 is 5.32 Å². The predicted molar refractivity (Wildman–Crippen MR) is 90.6 cm³/mol. The standard InChI is InChI=1S/C17H19BrClN/c1-4-20-17(14-9-11(2)5-6-12(14)3)15-10-13(18)7-8-16(15)19/h5-10,17,20H,4H2,1-3H3. The second-order valence-corrected chi connectivity index (χ2v) is 6.34. The summed E-state index contributed by atoms with van der Waals surface area (Å²) in [5.74, 6) is 0. The summed E-state index contributed by atoms with van der Waals surface area (Å²) in [6.45, 7) is 7.27. The summed E-state index contributed by atoms with van der Waals surface area (Å²) in [7, 11) is 0. The van der Waals surface area contributed by atoms with Crippen LogP contribution in [0.25, 0.3) is 0 Å². The maximum Gasteiger partial charge on any atom is 0.0594 e. The molecule has 0 amide bonds. The Kier molecular flexibility index (Phi) is 5.25. The maximum atomic E-state index is 6.41. The van der Waals surface area contributed by atoms with E-state index in [4.69, 9.17) is 11.6 Å². The Morgan fingerprint density at radius 3 is 2.55 bits per heavy atom. The molecule has 1 nitrogen and oxygen atoms in total. The van der Waals surface area contributed by atoms with E-state index in [1.54, 1.807) is 0 Å². The van der Waals surface area contributed by atoms with Crippen molar-refractivity contribution < 1.29 is 0 Å². The van der Waals surface area contributed by atoms with Gasteiger partial charge in [0.25, 0.3) is 0 Å². The van der Waals surface area contributed by atoms with Crippen LogP contribution in [0.4, 0.5) is 0 Å². The van der Waals surface area contributed by atoms with Crippen LogP contribution in [0.2, 0.25) is 5.02 Å². The number of halogens is 2. The maximum absolute atomic E-state index is 6.41. The molecule has 1 atom stereocenters. The summed E-state index contributed by atoms with van der Waals surface area (Å²) in [5, 5.41) is 4.34. The van der Waals surface area contributed by atoms with E-state index in [0.29, 0.717) is 0 Å². The quantitative estimate of drug-likeness (QED) is 0.775. The Bertz CT molecular complexity index is 558. The molecule has 0 aliphatic heterocycles. The molecule has 1 N–H and O–H groups in total. The molecule has 0 aliphatic carbocycles. The highest BCUT2D eigenvalue weighted by molar-refractivity contribution is 9.10. The first-order chi connectivity index (χ1) is 9.52. The third kappa shape index (κ3) is 3.43. The topological polar surface area (TPSA) is 12.0 Å². The smallest absolute Gasteiger partial charge is 0.0594 e. The number of benzene rings is 2. The Morgan fingerprint density at radius 2 is 1.85 bits per heavy atom. The lowest BCUT2D eigenvalue weighted by Gasteiger charge is -2.23. The van der Waals surface area contributed by atoms with Crippen molar-refractivity contribution in [3.8, 4) is 0 Å². The summed E-state index contributed by atoms with van der Waals surface area (Å²) in [5.41, 5.74) is 4.93. The number of nitrogens with one attached hydrogen (secondary N) is 1. The van der Waals surface area contributed by atoms with Gasteiger partial charge < -0.3 is 5.32 Å². The number of aryl methyl sites for hydroxylation is 2. The van der Waals surface area contributed by atoms with E-state index in [0.717, 1.165) is 21.6 Å². The van der Waals surface area contributed by atoms with Gasteiger partial charge in [-0.3, -0.25) is 0 Å². The van der Waals surface area contributed by atoms with E-state index in [1.165, 1.54) is 16.7 Å². The average Bonchev–Trinajstić information content (AvgIpc) is 2.42. The van der Waals surface area contributed by atoms with Gasteiger partial charge in [-0.2, -0.15) is 0 Å². The van der Waals surface area contributed by atoms with E-state index < -0.39 is 0 Å². The highest BCUT2D eigenvalue weighted by Gasteiger charge is 2.18. The van der Waals surface area contributed by atoms with Crippen molar-refractivity contribution in [2.24, 2.45) is 0 Å². The lowest BCUT2D eigenvalue weighted by Crippen LogP contribution is -2.23. The zero-order valence-electron chi connectivity index (χ0n) is 12.0. The number of hydrogen-bond donors (Lipinski definition) is 1. The fourth-order valence-corrected chi connectivity index (χ4v) is 3.00. The van der Waals surface area contributed by atoms with E-state index in [1.807, 2.05) is 12.1 Å². The molecule has 0 aliphatic rings. The Hall–Kier alpha value is -0.830. The van der Waals surface area contributed by atoms with E-state index in [9.17, 15) is 0 Å². The van der Waals surface area contributed by atoms with Gasteiger partial charge in [-0.15, -0.1) is 0 Å². The van der Waals surface area contributed by atoms with Crippen molar-refractivity contribution in [3.63, 3.8) is 0 Å². The van der Waals surface area contributed by atoms with Gasteiger partial charge in [0.05, 0.1) is 6.04 Å². The first-order valence-corrected chi connectivity index (χ1v) is 7.95. The summed E-state index contributed by atoms with van der Waals surface area (Å²) in [6.07, 6.45) is 0. The van der Waals surface area contributed by atoms with Gasteiger partial charge in [0.1, 0.15) is 0 Å². The first-order valence-electron chi connectivity index (χ1n) is 6.78. The van der Waals surface area contributed by atoms with Crippen LogP contribution in [0, 0.1) is 13.8 Å². The molecule has 0 bridgehead atoms. The van der Waals surface area contributed by atoms with Crippen molar-refractivity contribution in [1.29, 1.82) is 0 Å². The molecular formula is C17H19BrClN. The summed E-state index contributed by atoms with van der Waals surface area (Å²) in [6, 6.07) is 12.7. The van der Waals surface area contributed by atoms with E-state index in [2.05, 4.69) is 66.3 Å². The number of rotatable bonds is 4. The molecule has 0 heterocycles. The van der Waals surface area contributed by atoms with Crippen LogP contribution in [0.5, 0.6) is 0 Å². The van der Waals surface area contributed by atoms with Gasteiger partial charge in [-0.05, 0) is 55.3 Å². The molecule has 0 saturated heterocycles. The van der Waals surface area contributed by atoms with Crippen LogP contribution in [0.3, 0.4) is 0 Å². The summed E-state index contributed by atoms with van der Waals surface area (Å²) < 4.78 is 1.05. The van der Waals surface area contributed by atoms with Gasteiger partial charge in [0.15, 0.2) is 0 Å². The number of hydrogen-bond acceptors (Lipinski definition) is 1. The van der Waals surface area contributed by atoms with Gasteiger partial charge in [0, 0.05) is 9.50 Å². The van der Waals surface area contributed by atoms with Crippen LogP contribution >= 0.6 is 27.5 Å². The average molecular weight is 353 g/mol. The lowest BCUT2D eigenvalue weighted by atomic mass is 9.93. The SMILES string of the molecule is CCNC(c1cc(C)ccc1C)c1cc(Br)ccc1Cl. The molecule has 0 aromatic heterocycles. The molecule has 1 unspecified atom stereocenters. The Labute approximate surface area is 134 Å². The van der Waals surface area contributed by atoms with Crippen LogP contribution in [0.1, 0.15) is 35.2 Å². The Balaban J connectivity index is 2.55. The molecule has 0 saturated carbocycles. The highest BCUT2D eigenvalue weighted by atomic mass is 79.9. The van der Waals surface area contributed by atoms with Crippen molar-refractivity contribution in [2.75, 3.05) is 6.54 Å². The third-order valence-electron chi connectivity index (χ3n) is 3.42. The molecule has 0 radical (unpaired) electrons. The fourth-order valence-electron chi connectivity index (χ4n) is 2.40. The first kappa shape index (κ1) is 15.6. The molecule has 0 fully saturated rings. The van der Waals surface area contributed by atoms with E-state index >= 15 is 0 Å². The second-order valence-electron chi connectivity index (χ2n) is 5.02. The van der Waals surface area contributed by atoms with Gasteiger partial charge in [0.2, 0.25) is 0 Å². The minimum atomic E-state index is 0.116. The second kappa shape index (κ2) is 6.75. The molecule has 106 valence electrons. The zero-order chi connectivity index (χ0) is 14.7. The molecule has 3 heteroatoms. The van der Waals surface area contributed by atoms with Crippen molar-refractivity contribution in [2.45, 2.75) is 26.8 Å². The Morgan fingerprint density at radius 1 is 1.10 bits per heavy atom. The van der Waals surface area contributed by atoms with Crippen molar-refractivity contribution in [1.82, 2.24) is 5.32 Å². The lowest BCUT2D eigenvalue weighted by molar-refractivity contribution is 0.627. The monoisotopic (exact) mass is 351 g/mol. The van der Waals surface area contributed by atoms with Crippen LogP contribution in [-0.2, 0) is 0 Å². The molecule has 20 heavy (non-hydrogen) atoms. The van der Waals surface area contributed by atoms with Crippen molar-refractivity contribution >= 4 is 27.5 Å². The highest BCUT2D eigenvalue weighted by Crippen LogP contribution is 2.32. The minimum absolute atomic E-state index is 0.116. The third-order valence-corrected chi connectivity index (χ3v) is 4.26. The molecular weight excluding hydrogens is 334 g/mol. The van der Waals surface area contributed by atoms with E-state index in [-0.39, 0.29) is 6.04 Å². The van der Waals surface area contributed by atoms with Crippen molar-refractivity contribution in [3.05, 3.63) is 68.1 Å². The predicted octanol–water partition coefficient (Wildman–Crippen LogP) is 5.42. The molecule has 0 spiro atoms. The van der Waals surface area contributed by atoms with Gasteiger partial charge >= 0.3 is 0 Å². The molecule has 2 aromatic carbocycles. The van der Waals surface area contributed by atoms with Gasteiger partial charge in [-0.1, -0.05) is 58.2 Å². The van der Waals surface area contributed by atoms with Gasteiger partial charge in [-0.25, -0.2) is 0 Å². The minimum Gasteiger partial charge on any atom is -0.306 e. The van der Waals surface area contributed by atoms with Crippen LogP contribution in [-0.4, -0.2) is 6.54 Å². The fraction of sp³-hybridized carbons (Fsp3) is 0.294. The van der Waals surface area contributed by atoms with Crippen LogP contribution in [0.15, 0.2) is 40.9 Å².